The zero-order chi connectivity index (χ0) is 45.7. The number of aliphatic hydroxyl groups is 4. The van der Waals surface area contributed by atoms with Gasteiger partial charge < -0.3 is 67.4 Å². The molecular weight excluding hydrogens is 819 g/mol. The third kappa shape index (κ3) is 9.68. The Morgan fingerprint density at radius 3 is 2.33 bits per heavy atom. The molecule has 18 nitrogen and oxygen atoms in total. The molecule has 4 aromatic rings. The van der Waals surface area contributed by atoms with Gasteiger partial charge in [0.05, 0.1) is 37.6 Å². The largest absolute Gasteiger partial charge is 0.507 e. The molecule has 63 heavy (non-hydrogen) atoms. The highest BCUT2D eigenvalue weighted by atomic mass is 16.7. The molecule has 6 rings (SSSR count). The first-order valence-corrected chi connectivity index (χ1v) is 19.9. The highest BCUT2D eigenvalue weighted by Crippen LogP contribution is 2.45. The maximum Gasteiger partial charge on any atom is 0.308 e. The second kappa shape index (κ2) is 19.8. The van der Waals surface area contributed by atoms with E-state index in [9.17, 15) is 39.9 Å². The minimum absolute atomic E-state index is 0.00125. The molecule has 0 radical (unpaired) electrons. The second-order valence-corrected chi connectivity index (χ2v) is 15.0. The van der Waals surface area contributed by atoms with E-state index in [4.69, 9.17) is 41.9 Å². The summed E-state index contributed by atoms with van der Waals surface area (Å²) in [5, 5.41) is 54.3. The van der Waals surface area contributed by atoms with Gasteiger partial charge in [0.1, 0.15) is 35.6 Å². The summed E-state index contributed by atoms with van der Waals surface area (Å²) in [5.41, 5.74) is 23.4. The average Bonchev–Trinajstić information content (AvgIpc) is 3.24. The van der Waals surface area contributed by atoms with Crippen LogP contribution < -0.4 is 32.4 Å². The van der Waals surface area contributed by atoms with Crippen molar-refractivity contribution >= 4 is 41.9 Å². The topological polar surface area (TPSA) is 323 Å². The van der Waals surface area contributed by atoms with Gasteiger partial charge in [0.2, 0.25) is 6.29 Å². The van der Waals surface area contributed by atoms with Crippen LogP contribution in [0.2, 0.25) is 0 Å². The maximum absolute atomic E-state index is 15.0. The van der Waals surface area contributed by atoms with E-state index in [2.05, 4.69) is 4.99 Å². The van der Waals surface area contributed by atoms with Crippen LogP contribution >= 0.6 is 0 Å². The Hall–Kier alpha value is -6.35. The van der Waals surface area contributed by atoms with Gasteiger partial charge in [0.15, 0.2) is 23.8 Å². The molecular formula is C45H49N5O13. The molecule has 4 aromatic carbocycles. The van der Waals surface area contributed by atoms with Gasteiger partial charge >= 0.3 is 5.97 Å². The number of fused-ring (bicyclic) bond motifs is 2. The van der Waals surface area contributed by atoms with E-state index in [0.717, 1.165) is 12.5 Å². The van der Waals surface area contributed by atoms with Crippen molar-refractivity contribution in [2.24, 2.45) is 27.9 Å². The summed E-state index contributed by atoms with van der Waals surface area (Å²) in [6.07, 6.45) is -4.42. The number of rotatable bonds is 16. The summed E-state index contributed by atoms with van der Waals surface area (Å²) >= 11 is 0. The Bertz CT molecular complexity index is 2480. The van der Waals surface area contributed by atoms with Crippen LogP contribution in [0.1, 0.15) is 101 Å². The third-order valence-corrected chi connectivity index (χ3v) is 10.7. The SMILES string of the molecule is CC(=O)Oc1cc(CO)c2c(c1/C=C\c1cccc(CCO)c1)C(=O)c1cc(O[C@H]3O[C@@H](C)[C@@H](O)[C@@H](O)[C@H]3OCCN=C(N)N)c(Cc3cccc(C(N)N)c3C=O)c(O)c1C2=O. The Kier molecular flexibility index (Phi) is 14.5. The molecule has 1 aliphatic heterocycles. The number of esters is 1. The molecule has 0 amide bonds. The normalized spacial score (nSPS) is 19.5. The van der Waals surface area contributed by atoms with Crippen molar-refractivity contribution in [3.8, 4) is 17.2 Å². The molecule has 1 saturated heterocycles. The van der Waals surface area contributed by atoms with Crippen molar-refractivity contribution in [2.45, 2.75) is 70.2 Å². The van der Waals surface area contributed by atoms with Crippen molar-refractivity contribution in [3.05, 3.63) is 121 Å². The Balaban J connectivity index is 1.57. The molecule has 13 N–H and O–H groups in total. The number of hydrogen-bond donors (Lipinski definition) is 9. The van der Waals surface area contributed by atoms with Crippen molar-refractivity contribution in [2.75, 3.05) is 19.8 Å². The monoisotopic (exact) mass is 867 g/mol. The van der Waals surface area contributed by atoms with Gasteiger partial charge in [-0.2, -0.15) is 0 Å². The Morgan fingerprint density at radius 1 is 0.921 bits per heavy atom. The van der Waals surface area contributed by atoms with Crippen LogP contribution in [0.15, 0.2) is 59.6 Å². The Labute approximate surface area is 361 Å². The quantitative estimate of drug-likeness (QED) is 0.00980. The number of guanidine groups is 1. The summed E-state index contributed by atoms with van der Waals surface area (Å²) in [7, 11) is 0. The van der Waals surface area contributed by atoms with E-state index < -0.39 is 72.3 Å². The molecule has 1 fully saturated rings. The molecule has 1 aliphatic carbocycles. The summed E-state index contributed by atoms with van der Waals surface area (Å²) in [6.45, 7) is 1.52. The van der Waals surface area contributed by atoms with Crippen molar-refractivity contribution in [3.63, 3.8) is 0 Å². The molecule has 18 heteroatoms. The average molecular weight is 868 g/mol. The van der Waals surface area contributed by atoms with E-state index in [1.807, 2.05) is 6.07 Å². The number of ketones is 2. The predicted molar refractivity (Wildman–Crippen MR) is 228 cm³/mol. The van der Waals surface area contributed by atoms with Gasteiger partial charge in [-0.15, -0.1) is 0 Å². The molecule has 0 unspecified atom stereocenters. The van der Waals surface area contributed by atoms with Gasteiger partial charge in [0, 0.05) is 53.3 Å². The van der Waals surface area contributed by atoms with E-state index in [-0.39, 0.29) is 93.7 Å². The molecule has 0 bridgehead atoms. The van der Waals surface area contributed by atoms with Crippen molar-refractivity contribution in [1.82, 2.24) is 0 Å². The van der Waals surface area contributed by atoms with Crippen LogP contribution in [0.25, 0.3) is 12.2 Å². The predicted octanol–water partition coefficient (Wildman–Crippen LogP) is 1.11. The van der Waals surface area contributed by atoms with Crippen LogP contribution in [-0.2, 0) is 33.7 Å². The summed E-state index contributed by atoms with van der Waals surface area (Å²) in [6, 6.07) is 14.3. The smallest absolute Gasteiger partial charge is 0.308 e. The highest BCUT2D eigenvalue weighted by Gasteiger charge is 2.46. The summed E-state index contributed by atoms with van der Waals surface area (Å²) in [4.78, 5) is 58.6. The van der Waals surface area contributed by atoms with Crippen LogP contribution in [0.3, 0.4) is 0 Å². The second-order valence-electron chi connectivity index (χ2n) is 15.0. The molecule has 0 spiro atoms. The molecule has 0 aromatic heterocycles. The number of benzene rings is 4. The summed E-state index contributed by atoms with van der Waals surface area (Å²) in [5.74, 6) is -3.83. The first kappa shape index (κ1) is 46.2. The number of aromatic hydroxyl groups is 1. The number of phenolic OH excluding ortho intramolecular Hbond substituents is 1. The van der Waals surface area contributed by atoms with Crippen LogP contribution in [-0.4, -0.2) is 106 Å². The van der Waals surface area contributed by atoms with Gasteiger partial charge in [0.25, 0.3) is 0 Å². The molecule has 332 valence electrons. The van der Waals surface area contributed by atoms with Crippen molar-refractivity contribution < 1.29 is 63.7 Å². The van der Waals surface area contributed by atoms with Crippen LogP contribution in [0.5, 0.6) is 17.2 Å². The fourth-order valence-electron chi connectivity index (χ4n) is 7.72. The number of aliphatic imine (C=N–C) groups is 1. The molecule has 0 saturated carbocycles. The zero-order valence-corrected chi connectivity index (χ0v) is 34.4. The minimum Gasteiger partial charge on any atom is -0.507 e. The van der Waals surface area contributed by atoms with E-state index in [1.54, 1.807) is 42.5 Å². The van der Waals surface area contributed by atoms with Crippen LogP contribution in [0, 0.1) is 0 Å². The van der Waals surface area contributed by atoms with E-state index in [1.165, 1.54) is 25.1 Å². The van der Waals surface area contributed by atoms with E-state index >= 15 is 4.79 Å². The van der Waals surface area contributed by atoms with Gasteiger partial charge in [-0.3, -0.25) is 24.2 Å². The fraction of sp³-hybridized carbons (Fsp3) is 0.311. The number of aliphatic hydroxyl groups excluding tert-OH is 4. The fourth-order valence-corrected chi connectivity index (χ4v) is 7.72. The lowest BCUT2D eigenvalue weighted by molar-refractivity contribution is -0.278. The molecule has 2 aliphatic rings. The van der Waals surface area contributed by atoms with Gasteiger partial charge in [-0.1, -0.05) is 48.5 Å². The lowest BCUT2D eigenvalue weighted by Crippen LogP contribution is -2.59. The standard InChI is InChI=1S/C45H49N5O13/c1-21-37(55)41(59)42(60-14-12-50-45(48)49)44(61-21)63-33-18-30-36(38(56)29(33)16-25-7-4-8-27(43(46)47)31(25)20-53)40(58)34-26(19-52)17-32(62-22(2)54)28(35(34)39(30)57)10-9-23-5-3-6-24(15-23)11-13-51/h3-10,15,17-18,20-21,37,41-44,51-52,55-56,59H,11-14,16,19,46-47H2,1-2H3,(H4,48,49,50)/b10-9-/t21-,37+,41+,42+,44+/m0/s1. The number of phenols is 1. The van der Waals surface area contributed by atoms with E-state index in [0.29, 0.717) is 18.3 Å². The lowest BCUT2D eigenvalue weighted by atomic mass is 9.77. The molecule has 5 atom stereocenters. The third-order valence-electron chi connectivity index (χ3n) is 10.7. The van der Waals surface area contributed by atoms with Crippen LogP contribution in [0.4, 0.5) is 0 Å². The number of carbonyl (C=O) groups is 4. The number of nitrogens with zero attached hydrogens (tertiary/aromatic N) is 1. The number of hydrogen-bond acceptors (Lipinski definition) is 16. The Morgan fingerprint density at radius 2 is 1.67 bits per heavy atom. The number of carbonyl (C=O) groups excluding carboxylic acids is 4. The zero-order valence-electron chi connectivity index (χ0n) is 34.4. The number of ether oxygens (including phenoxy) is 4. The number of nitrogens with two attached hydrogens (primary N) is 4. The lowest BCUT2D eigenvalue weighted by Gasteiger charge is -2.41. The summed E-state index contributed by atoms with van der Waals surface area (Å²) < 4.78 is 23.8. The first-order valence-electron chi connectivity index (χ1n) is 19.9. The van der Waals surface area contributed by atoms with Crippen molar-refractivity contribution in [1.29, 1.82) is 0 Å². The first-order chi connectivity index (χ1) is 30.1. The van der Waals surface area contributed by atoms with Gasteiger partial charge in [-0.05, 0) is 59.4 Å². The minimum atomic E-state index is -1.60. The number of aldehydes is 1. The van der Waals surface area contributed by atoms with Gasteiger partial charge in [-0.25, -0.2) is 0 Å². The highest BCUT2D eigenvalue weighted by molar-refractivity contribution is 6.31. The maximum atomic E-state index is 15.0. The molecule has 1 heterocycles.